The Bertz CT molecular complexity index is 375. The Hall–Kier alpha value is -1.79. The number of methoxy groups -OCH3 is 1. The molecular weight excluding hydrogens is 264 g/mol. The van der Waals surface area contributed by atoms with Crippen LogP contribution < -0.4 is 5.32 Å². The molecule has 0 aliphatic rings. The molecule has 2 amide bonds. The van der Waals surface area contributed by atoms with Crippen LogP contribution in [-0.4, -0.2) is 54.2 Å². The highest BCUT2D eigenvalue weighted by molar-refractivity contribution is 5.86. The van der Waals surface area contributed by atoms with E-state index in [2.05, 4.69) is 10.1 Å². The molecule has 20 heavy (non-hydrogen) atoms. The smallest absolute Gasteiger partial charge is 0.326 e. The van der Waals surface area contributed by atoms with E-state index in [1.54, 1.807) is 7.05 Å². The van der Waals surface area contributed by atoms with Gasteiger partial charge in [0.25, 0.3) is 0 Å². The summed E-state index contributed by atoms with van der Waals surface area (Å²) in [7, 11) is 2.75. The molecule has 0 aromatic carbocycles. The van der Waals surface area contributed by atoms with Crippen molar-refractivity contribution in [2.45, 2.75) is 46.2 Å². The molecule has 7 nitrogen and oxygen atoms in total. The molecule has 116 valence electrons. The third kappa shape index (κ3) is 5.46. The van der Waals surface area contributed by atoms with E-state index >= 15 is 0 Å². The Balaban J connectivity index is 4.76. The topological polar surface area (TPSA) is 95.9 Å². The maximum absolute atomic E-state index is 12.0. The maximum atomic E-state index is 12.0. The zero-order valence-corrected chi connectivity index (χ0v) is 12.9. The number of nitrogens with one attached hydrogen (secondary N) is 1. The van der Waals surface area contributed by atoms with Crippen molar-refractivity contribution in [2.75, 3.05) is 14.2 Å². The van der Waals surface area contributed by atoms with Crippen LogP contribution in [0.25, 0.3) is 0 Å². The van der Waals surface area contributed by atoms with Crippen LogP contribution in [0, 0.1) is 5.41 Å². The summed E-state index contributed by atoms with van der Waals surface area (Å²) >= 11 is 0. The molecule has 0 aromatic rings. The summed E-state index contributed by atoms with van der Waals surface area (Å²) in [5.41, 5.74) is -0.146. The molecule has 0 aliphatic heterocycles. The lowest BCUT2D eigenvalue weighted by atomic mass is 9.87. The minimum absolute atomic E-state index is 0.102. The minimum atomic E-state index is -1.30. The molecule has 0 heterocycles. The number of rotatable bonds is 5. The molecule has 7 heteroatoms. The van der Waals surface area contributed by atoms with E-state index in [9.17, 15) is 14.4 Å². The van der Waals surface area contributed by atoms with Crippen LogP contribution in [0.15, 0.2) is 0 Å². The number of nitrogens with zero attached hydrogens (tertiary/aromatic N) is 1. The number of urea groups is 1. The van der Waals surface area contributed by atoms with Gasteiger partial charge in [0.2, 0.25) is 0 Å². The van der Waals surface area contributed by atoms with Crippen molar-refractivity contribution >= 4 is 18.0 Å². The predicted octanol–water partition coefficient (Wildman–Crippen LogP) is 1.08. The first-order chi connectivity index (χ1) is 9.00. The molecule has 0 radical (unpaired) electrons. The molecule has 2 atom stereocenters. The number of carboxylic acids is 1. The fourth-order valence-electron chi connectivity index (χ4n) is 1.46. The molecule has 0 saturated heterocycles. The SMILES string of the molecule is COC(=O)C[C@H](NC(=O)N(C)C(C)C(C)(C)C)C(=O)O. The van der Waals surface area contributed by atoms with Gasteiger partial charge >= 0.3 is 18.0 Å². The number of aliphatic carboxylic acids is 1. The number of hydrogen-bond donors (Lipinski definition) is 2. The van der Waals surface area contributed by atoms with E-state index in [-0.39, 0.29) is 11.5 Å². The summed E-state index contributed by atoms with van der Waals surface area (Å²) in [5, 5.41) is 11.3. The largest absolute Gasteiger partial charge is 0.480 e. The number of ether oxygens (including phenoxy) is 1. The van der Waals surface area contributed by atoms with E-state index in [1.807, 2.05) is 27.7 Å². The second-order valence-corrected chi connectivity index (χ2v) is 5.77. The molecule has 0 saturated carbocycles. The second kappa shape index (κ2) is 7.12. The fraction of sp³-hybridized carbons (Fsp3) is 0.769. The Labute approximate surface area is 119 Å². The number of amides is 2. The van der Waals surface area contributed by atoms with E-state index in [0.29, 0.717) is 0 Å². The van der Waals surface area contributed by atoms with Crippen molar-refractivity contribution in [3.8, 4) is 0 Å². The van der Waals surface area contributed by atoms with Crippen LogP contribution in [-0.2, 0) is 14.3 Å². The van der Waals surface area contributed by atoms with Gasteiger partial charge in [0.15, 0.2) is 0 Å². The van der Waals surface area contributed by atoms with Crippen LogP contribution in [0.2, 0.25) is 0 Å². The van der Waals surface area contributed by atoms with Crippen molar-refractivity contribution in [1.29, 1.82) is 0 Å². The third-order valence-electron chi connectivity index (χ3n) is 3.35. The van der Waals surface area contributed by atoms with Crippen molar-refractivity contribution in [2.24, 2.45) is 5.41 Å². The van der Waals surface area contributed by atoms with Crippen molar-refractivity contribution in [1.82, 2.24) is 10.2 Å². The quantitative estimate of drug-likeness (QED) is 0.738. The monoisotopic (exact) mass is 288 g/mol. The van der Waals surface area contributed by atoms with Gasteiger partial charge in [-0.2, -0.15) is 0 Å². The van der Waals surface area contributed by atoms with Crippen LogP contribution >= 0.6 is 0 Å². The molecule has 0 fully saturated rings. The molecule has 0 aromatic heterocycles. The number of carboxylic acid groups (broad SMARTS) is 1. The average molecular weight is 288 g/mol. The highest BCUT2D eigenvalue weighted by Gasteiger charge is 2.30. The van der Waals surface area contributed by atoms with E-state index in [4.69, 9.17) is 5.11 Å². The standard InChI is InChI=1S/C13H24N2O5/c1-8(13(2,3)4)15(5)12(19)14-9(11(17)18)7-10(16)20-6/h8-9H,7H2,1-6H3,(H,14,19)(H,17,18)/t8?,9-/m0/s1. The molecule has 0 spiro atoms. The number of carbonyl (C=O) groups is 3. The molecule has 0 aliphatic carbocycles. The highest BCUT2D eigenvalue weighted by Crippen LogP contribution is 2.22. The minimum Gasteiger partial charge on any atom is -0.480 e. The maximum Gasteiger partial charge on any atom is 0.326 e. The van der Waals surface area contributed by atoms with Crippen LogP contribution in [0.4, 0.5) is 4.79 Å². The van der Waals surface area contributed by atoms with Gasteiger partial charge in [-0.1, -0.05) is 20.8 Å². The molecule has 1 unspecified atom stereocenters. The number of carbonyl (C=O) groups excluding carboxylic acids is 2. The summed E-state index contributed by atoms with van der Waals surface area (Å²) in [6, 6.07) is -1.94. The van der Waals surface area contributed by atoms with Crippen molar-refractivity contribution in [3.63, 3.8) is 0 Å². The predicted molar refractivity (Wildman–Crippen MR) is 73.3 cm³/mol. The van der Waals surface area contributed by atoms with Gasteiger partial charge in [-0.05, 0) is 12.3 Å². The Morgan fingerprint density at radius 1 is 1.30 bits per heavy atom. The van der Waals surface area contributed by atoms with E-state index < -0.39 is 30.4 Å². The molecule has 2 N–H and O–H groups in total. The lowest BCUT2D eigenvalue weighted by molar-refractivity contribution is -0.147. The molecule has 0 rings (SSSR count). The molecular formula is C13H24N2O5. The Morgan fingerprint density at radius 2 is 1.80 bits per heavy atom. The van der Waals surface area contributed by atoms with Gasteiger partial charge in [-0.25, -0.2) is 9.59 Å². The van der Waals surface area contributed by atoms with Gasteiger partial charge in [0, 0.05) is 13.1 Å². The van der Waals surface area contributed by atoms with Crippen molar-refractivity contribution < 1.29 is 24.2 Å². The van der Waals surface area contributed by atoms with Gasteiger partial charge in [0.05, 0.1) is 13.5 Å². The lowest BCUT2D eigenvalue weighted by Crippen LogP contribution is -2.52. The summed E-state index contributed by atoms with van der Waals surface area (Å²) in [4.78, 5) is 35.6. The first-order valence-electron chi connectivity index (χ1n) is 6.33. The fourth-order valence-corrected chi connectivity index (χ4v) is 1.46. The zero-order chi connectivity index (χ0) is 16.1. The number of esters is 1. The van der Waals surface area contributed by atoms with Crippen molar-refractivity contribution in [3.05, 3.63) is 0 Å². The summed E-state index contributed by atoms with van der Waals surface area (Å²) in [5.74, 6) is -1.97. The molecule has 0 bridgehead atoms. The first kappa shape index (κ1) is 18.2. The summed E-state index contributed by atoms with van der Waals surface area (Å²) < 4.78 is 4.41. The van der Waals surface area contributed by atoms with Gasteiger partial charge in [-0.15, -0.1) is 0 Å². The van der Waals surface area contributed by atoms with Gasteiger partial charge in [-0.3, -0.25) is 4.79 Å². The normalized spacial score (nSPS) is 14.1. The summed E-state index contributed by atoms with van der Waals surface area (Å²) in [6.07, 6.45) is -0.407. The van der Waals surface area contributed by atoms with Gasteiger partial charge < -0.3 is 20.1 Å². The summed E-state index contributed by atoms with van der Waals surface area (Å²) in [6.45, 7) is 7.80. The van der Waals surface area contributed by atoms with Crippen LogP contribution in [0.5, 0.6) is 0 Å². The lowest BCUT2D eigenvalue weighted by Gasteiger charge is -2.35. The van der Waals surface area contributed by atoms with E-state index in [0.717, 1.165) is 7.11 Å². The van der Waals surface area contributed by atoms with Crippen LogP contribution in [0.3, 0.4) is 0 Å². The Kier molecular flexibility index (Phi) is 6.48. The average Bonchev–Trinajstić information content (AvgIpc) is 2.34. The second-order valence-electron chi connectivity index (χ2n) is 5.77. The third-order valence-corrected chi connectivity index (χ3v) is 3.35. The first-order valence-corrected chi connectivity index (χ1v) is 6.33. The Morgan fingerprint density at radius 3 is 2.15 bits per heavy atom. The highest BCUT2D eigenvalue weighted by atomic mass is 16.5. The van der Waals surface area contributed by atoms with E-state index in [1.165, 1.54) is 4.90 Å². The number of hydrogen-bond acceptors (Lipinski definition) is 4. The van der Waals surface area contributed by atoms with Gasteiger partial charge in [0.1, 0.15) is 6.04 Å². The van der Waals surface area contributed by atoms with Crippen LogP contribution in [0.1, 0.15) is 34.1 Å². The zero-order valence-electron chi connectivity index (χ0n) is 12.9.